The zero-order valence-electron chi connectivity index (χ0n) is 16.2. The molecule has 0 saturated carbocycles. The van der Waals surface area contributed by atoms with E-state index < -0.39 is 0 Å². The molecule has 3 rings (SSSR count). The number of carbonyl (C=O) groups is 2. The number of nitrogens with zero attached hydrogens (tertiary/aromatic N) is 3. The summed E-state index contributed by atoms with van der Waals surface area (Å²) in [6.07, 6.45) is 0. The molecule has 8 heteroatoms. The summed E-state index contributed by atoms with van der Waals surface area (Å²) in [6.45, 7) is 5.82. The van der Waals surface area contributed by atoms with Crippen LogP contribution in [-0.2, 0) is 9.53 Å². The first-order valence-electron chi connectivity index (χ1n) is 9.32. The Morgan fingerprint density at radius 2 is 1.96 bits per heavy atom. The van der Waals surface area contributed by atoms with Crippen molar-refractivity contribution in [3.63, 3.8) is 0 Å². The molecule has 1 aromatic heterocycles. The van der Waals surface area contributed by atoms with Crippen LogP contribution in [0.4, 0.5) is 0 Å². The smallest absolute Gasteiger partial charge is 0.254 e. The predicted octanol–water partition coefficient (Wildman–Crippen LogP) is 1.83. The SMILES string of the molecule is COCCNC(=O)CN1CCN(C(=O)c2cc(C)nc3cc(Br)ccc23)CC1. The summed E-state index contributed by atoms with van der Waals surface area (Å²) in [4.78, 5) is 33.5. The highest BCUT2D eigenvalue weighted by Crippen LogP contribution is 2.24. The molecule has 2 aromatic rings. The molecule has 2 heterocycles. The van der Waals surface area contributed by atoms with Crippen molar-refractivity contribution >= 4 is 38.6 Å². The lowest BCUT2D eigenvalue weighted by atomic mass is 10.1. The van der Waals surface area contributed by atoms with Crippen LogP contribution >= 0.6 is 15.9 Å². The molecule has 0 spiro atoms. The third-order valence-electron chi connectivity index (χ3n) is 4.79. The van der Waals surface area contributed by atoms with Gasteiger partial charge in [-0.3, -0.25) is 19.5 Å². The molecule has 7 nitrogen and oxygen atoms in total. The standard InChI is InChI=1S/C20H25BrN4O3/c1-14-11-17(16-4-3-15(21)12-18(16)23-14)20(27)25-8-6-24(7-9-25)13-19(26)22-5-10-28-2/h3-4,11-12H,5-10,13H2,1-2H3,(H,22,26). The number of carbonyl (C=O) groups excluding carboxylic acids is 2. The lowest BCUT2D eigenvalue weighted by Gasteiger charge is -2.34. The molecule has 28 heavy (non-hydrogen) atoms. The van der Waals surface area contributed by atoms with Crippen LogP contribution < -0.4 is 5.32 Å². The number of hydrogen-bond donors (Lipinski definition) is 1. The van der Waals surface area contributed by atoms with E-state index in [4.69, 9.17) is 4.74 Å². The summed E-state index contributed by atoms with van der Waals surface area (Å²) in [5.74, 6) is 0.000162. The molecular weight excluding hydrogens is 424 g/mol. The Bertz CT molecular complexity index is 861. The quantitative estimate of drug-likeness (QED) is 0.682. The highest BCUT2D eigenvalue weighted by atomic mass is 79.9. The lowest BCUT2D eigenvalue weighted by Crippen LogP contribution is -2.51. The third-order valence-corrected chi connectivity index (χ3v) is 5.28. The minimum absolute atomic E-state index is 0.0156. The Kier molecular flexibility index (Phi) is 6.98. The molecule has 0 aliphatic carbocycles. The van der Waals surface area contributed by atoms with Crippen molar-refractivity contribution in [2.75, 3.05) is 53.0 Å². The Balaban J connectivity index is 1.63. The number of aryl methyl sites for hydroxylation is 1. The van der Waals surface area contributed by atoms with Crippen LogP contribution in [0.5, 0.6) is 0 Å². The van der Waals surface area contributed by atoms with Gasteiger partial charge < -0.3 is 15.0 Å². The zero-order valence-corrected chi connectivity index (χ0v) is 17.8. The van der Waals surface area contributed by atoms with Crippen molar-refractivity contribution in [3.8, 4) is 0 Å². The number of methoxy groups -OCH3 is 1. The first-order valence-corrected chi connectivity index (χ1v) is 10.1. The maximum absolute atomic E-state index is 13.1. The van der Waals surface area contributed by atoms with Gasteiger partial charge in [0.1, 0.15) is 0 Å². The van der Waals surface area contributed by atoms with Gasteiger partial charge >= 0.3 is 0 Å². The molecule has 0 bridgehead atoms. The van der Waals surface area contributed by atoms with E-state index in [1.807, 2.05) is 36.1 Å². The van der Waals surface area contributed by atoms with E-state index in [-0.39, 0.29) is 11.8 Å². The Morgan fingerprint density at radius 3 is 2.68 bits per heavy atom. The largest absolute Gasteiger partial charge is 0.383 e. The van der Waals surface area contributed by atoms with E-state index in [0.29, 0.717) is 51.4 Å². The molecule has 0 atom stereocenters. The van der Waals surface area contributed by atoms with Crippen molar-refractivity contribution in [1.29, 1.82) is 0 Å². The van der Waals surface area contributed by atoms with Gasteiger partial charge in [-0.25, -0.2) is 0 Å². The number of amides is 2. The number of fused-ring (bicyclic) bond motifs is 1. The summed E-state index contributed by atoms with van der Waals surface area (Å²) in [5, 5.41) is 3.68. The summed E-state index contributed by atoms with van der Waals surface area (Å²) >= 11 is 3.46. The molecule has 1 N–H and O–H groups in total. The molecule has 1 aromatic carbocycles. The molecule has 0 unspecified atom stereocenters. The minimum atomic E-state index is -0.0156. The van der Waals surface area contributed by atoms with Crippen LogP contribution in [0.1, 0.15) is 16.1 Å². The van der Waals surface area contributed by atoms with Crippen molar-refractivity contribution < 1.29 is 14.3 Å². The summed E-state index contributed by atoms with van der Waals surface area (Å²) in [7, 11) is 1.61. The molecule has 0 radical (unpaired) electrons. The van der Waals surface area contributed by atoms with Gasteiger partial charge in [0.25, 0.3) is 5.91 Å². The van der Waals surface area contributed by atoms with Gasteiger partial charge in [-0.1, -0.05) is 22.0 Å². The fourth-order valence-corrected chi connectivity index (χ4v) is 3.69. The molecular formula is C20H25BrN4O3. The van der Waals surface area contributed by atoms with E-state index in [0.717, 1.165) is 21.1 Å². The molecule has 2 amide bonds. The Labute approximate surface area is 173 Å². The zero-order chi connectivity index (χ0) is 20.1. The number of rotatable bonds is 6. The average molecular weight is 449 g/mol. The maximum Gasteiger partial charge on any atom is 0.254 e. The predicted molar refractivity (Wildman–Crippen MR) is 111 cm³/mol. The van der Waals surface area contributed by atoms with E-state index in [1.165, 1.54) is 0 Å². The van der Waals surface area contributed by atoms with Crippen LogP contribution in [0.3, 0.4) is 0 Å². The summed E-state index contributed by atoms with van der Waals surface area (Å²) in [5.41, 5.74) is 2.31. The average Bonchev–Trinajstić information content (AvgIpc) is 2.67. The van der Waals surface area contributed by atoms with Crippen molar-refractivity contribution in [2.45, 2.75) is 6.92 Å². The molecule has 1 fully saturated rings. The highest BCUT2D eigenvalue weighted by molar-refractivity contribution is 9.10. The third kappa shape index (κ3) is 5.06. The van der Waals surface area contributed by atoms with Crippen molar-refractivity contribution in [2.24, 2.45) is 0 Å². The number of hydrogen-bond acceptors (Lipinski definition) is 5. The molecule has 1 aliphatic heterocycles. The second kappa shape index (κ2) is 9.45. The van der Waals surface area contributed by atoms with Crippen molar-refractivity contribution in [1.82, 2.24) is 20.1 Å². The topological polar surface area (TPSA) is 74.8 Å². The van der Waals surface area contributed by atoms with E-state index in [2.05, 4.69) is 31.1 Å². The van der Waals surface area contributed by atoms with Gasteiger partial charge in [-0.05, 0) is 25.1 Å². The van der Waals surface area contributed by atoms with Crippen LogP contribution in [0, 0.1) is 6.92 Å². The second-order valence-corrected chi connectivity index (χ2v) is 7.80. The van der Waals surface area contributed by atoms with Crippen LogP contribution in [-0.4, -0.2) is 79.6 Å². The number of benzene rings is 1. The number of nitrogens with one attached hydrogen (secondary N) is 1. The number of pyridine rings is 1. The van der Waals surface area contributed by atoms with Gasteiger partial charge in [0, 0.05) is 55.4 Å². The summed E-state index contributed by atoms with van der Waals surface area (Å²) < 4.78 is 5.87. The van der Waals surface area contributed by atoms with Gasteiger partial charge in [-0.15, -0.1) is 0 Å². The lowest BCUT2D eigenvalue weighted by molar-refractivity contribution is -0.122. The summed E-state index contributed by atoms with van der Waals surface area (Å²) in [6, 6.07) is 7.64. The molecule has 1 saturated heterocycles. The molecule has 150 valence electrons. The van der Waals surface area contributed by atoms with Crippen LogP contribution in [0.25, 0.3) is 10.9 Å². The second-order valence-electron chi connectivity index (χ2n) is 6.88. The van der Waals surface area contributed by atoms with Gasteiger partial charge in [0.05, 0.1) is 24.2 Å². The highest BCUT2D eigenvalue weighted by Gasteiger charge is 2.24. The van der Waals surface area contributed by atoms with Gasteiger partial charge in [0.15, 0.2) is 0 Å². The van der Waals surface area contributed by atoms with Crippen LogP contribution in [0.2, 0.25) is 0 Å². The fourth-order valence-electron chi connectivity index (χ4n) is 3.34. The van der Waals surface area contributed by atoms with Crippen molar-refractivity contribution in [3.05, 3.63) is 40.0 Å². The first-order chi connectivity index (χ1) is 13.5. The Hall–Kier alpha value is -2.03. The minimum Gasteiger partial charge on any atom is -0.383 e. The number of aromatic nitrogens is 1. The Morgan fingerprint density at radius 1 is 1.21 bits per heavy atom. The van der Waals surface area contributed by atoms with Gasteiger partial charge in [0.2, 0.25) is 5.91 Å². The fraction of sp³-hybridized carbons (Fsp3) is 0.450. The van der Waals surface area contributed by atoms with Crippen LogP contribution in [0.15, 0.2) is 28.7 Å². The molecule has 1 aliphatic rings. The number of ether oxygens (including phenoxy) is 1. The first kappa shape index (κ1) is 20.7. The number of halogens is 1. The number of piperazine rings is 1. The van der Waals surface area contributed by atoms with E-state index in [9.17, 15) is 9.59 Å². The van der Waals surface area contributed by atoms with Gasteiger partial charge in [-0.2, -0.15) is 0 Å². The maximum atomic E-state index is 13.1. The van der Waals surface area contributed by atoms with E-state index >= 15 is 0 Å². The van der Waals surface area contributed by atoms with E-state index in [1.54, 1.807) is 7.11 Å². The monoisotopic (exact) mass is 448 g/mol. The normalized spacial score (nSPS) is 15.0.